The third-order valence-electron chi connectivity index (χ3n) is 7.73. The largest absolute Gasteiger partial charge is 0.444 e. The topological polar surface area (TPSA) is 137 Å². The molecule has 44 heavy (non-hydrogen) atoms. The molecular weight excluding hydrogens is 562 g/mol. The predicted molar refractivity (Wildman–Crippen MR) is 166 cm³/mol. The maximum atomic E-state index is 11.8. The molecule has 2 N–H and O–H groups in total. The Kier molecular flexibility index (Phi) is 10.7. The number of anilines is 1. The number of ether oxygens (including phenoxy) is 4. The van der Waals surface area contributed by atoms with Crippen molar-refractivity contribution in [1.29, 1.82) is 5.26 Å². The third-order valence-corrected chi connectivity index (χ3v) is 7.73. The van der Waals surface area contributed by atoms with Crippen molar-refractivity contribution >= 4 is 22.7 Å². The van der Waals surface area contributed by atoms with E-state index >= 15 is 0 Å². The number of hydrogen-bond acceptors (Lipinski definition) is 9. The van der Waals surface area contributed by atoms with E-state index in [-0.39, 0.29) is 12.5 Å². The van der Waals surface area contributed by atoms with Crippen molar-refractivity contribution in [3.8, 4) is 17.2 Å². The summed E-state index contributed by atoms with van der Waals surface area (Å²) < 4.78 is 26.8. The minimum absolute atomic E-state index is 0.119. The normalized spacial score (nSPS) is 19.0. The summed E-state index contributed by atoms with van der Waals surface area (Å²) in [5.74, 6) is 0. The van der Waals surface area contributed by atoms with Gasteiger partial charge in [-0.2, -0.15) is 15.5 Å². The number of carbonyl (C=O) groups excluding carboxylic acids is 1. The molecule has 5 rings (SSSR count). The number of amides is 1. The van der Waals surface area contributed by atoms with E-state index in [4.69, 9.17) is 24.0 Å². The molecule has 0 radical (unpaired) electrons. The molecular formula is C32H45N7O5. The summed E-state index contributed by atoms with van der Waals surface area (Å²) in [5.41, 5.74) is 3.50. The first kappa shape index (κ1) is 31.8. The number of fused-ring (bicyclic) bond motifs is 1. The van der Waals surface area contributed by atoms with Gasteiger partial charge in [0.25, 0.3) is 0 Å². The molecule has 2 aliphatic rings. The highest BCUT2D eigenvalue weighted by atomic mass is 16.6. The predicted octanol–water partition coefficient (Wildman–Crippen LogP) is 5.90. The zero-order valence-electron chi connectivity index (χ0n) is 26.1. The first-order valence-corrected chi connectivity index (χ1v) is 15.8. The first-order chi connectivity index (χ1) is 21.3. The van der Waals surface area contributed by atoms with Crippen LogP contribution in [0.5, 0.6) is 0 Å². The number of alkyl carbamates (subject to hydrolysis) is 1. The smallest absolute Gasteiger partial charge is 0.407 e. The molecule has 0 saturated carbocycles. The van der Waals surface area contributed by atoms with Crippen molar-refractivity contribution in [2.45, 2.75) is 90.2 Å². The van der Waals surface area contributed by atoms with Crippen molar-refractivity contribution in [1.82, 2.24) is 24.9 Å². The minimum Gasteiger partial charge on any atom is -0.444 e. The molecule has 238 valence electrons. The molecule has 2 saturated heterocycles. The lowest BCUT2D eigenvalue weighted by Crippen LogP contribution is -2.33. The number of hydrogen-bond donors (Lipinski definition) is 2. The SMILES string of the molecule is CC(C)(C)OC(=O)NCCCCOCCNc1cc(-c2cnn(C3CCCCO3)c2C#N)cc2c1cnn2C1CCCCO1. The van der Waals surface area contributed by atoms with Gasteiger partial charge in [0.2, 0.25) is 0 Å². The third kappa shape index (κ3) is 8.08. The number of unbranched alkanes of at least 4 members (excludes halogenated alkanes) is 1. The summed E-state index contributed by atoms with van der Waals surface area (Å²) in [6.45, 7) is 9.19. The van der Waals surface area contributed by atoms with Gasteiger partial charge in [0, 0.05) is 49.5 Å². The maximum absolute atomic E-state index is 11.8. The van der Waals surface area contributed by atoms with Crippen molar-refractivity contribution in [3.63, 3.8) is 0 Å². The molecule has 3 aromatic rings. The summed E-state index contributed by atoms with van der Waals surface area (Å²) in [4.78, 5) is 11.8. The van der Waals surface area contributed by atoms with Crippen LogP contribution in [0.3, 0.4) is 0 Å². The van der Waals surface area contributed by atoms with Crippen molar-refractivity contribution in [3.05, 3.63) is 30.2 Å². The molecule has 12 heteroatoms. The number of aromatic nitrogens is 4. The number of nitriles is 1. The standard InChI is InChI=1S/C32H45N7O5/c1-32(2,3)44-31(40)35-12-6-9-14-41-17-13-34-26-18-23(19-27-25(26)22-37-38(27)29-10-4-7-15-42-29)24-21-36-39(28(24)20-33)30-11-5-8-16-43-30/h18-19,21-22,29-30,34H,4-17H2,1-3H3,(H,35,40). The highest BCUT2D eigenvalue weighted by Gasteiger charge is 2.25. The Labute approximate surface area is 259 Å². The lowest BCUT2D eigenvalue weighted by atomic mass is 10.0. The molecule has 0 spiro atoms. The summed E-state index contributed by atoms with van der Waals surface area (Å²) in [7, 11) is 0. The van der Waals surface area contributed by atoms with Gasteiger partial charge in [0.15, 0.2) is 12.5 Å². The molecule has 1 amide bonds. The fourth-order valence-corrected chi connectivity index (χ4v) is 5.61. The van der Waals surface area contributed by atoms with Crippen LogP contribution in [0.15, 0.2) is 24.5 Å². The van der Waals surface area contributed by atoms with Gasteiger partial charge in [0.1, 0.15) is 17.4 Å². The molecule has 2 aromatic heterocycles. The number of benzene rings is 1. The van der Waals surface area contributed by atoms with Crippen LogP contribution in [-0.4, -0.2) is 70.8 Å². The Bertz CT molecular complexity index is 1430. The monoisotopic (exact) mass is 607 g/mol. The molecule has 2 fully saturated rings. The molecule has 1 aromatic carbocycles. The Morgan fingerprint density at radius 2 is 1.73 bits per heavy atom. The highest BCUT2D eigenvalue weighted by molar-refractivity contribution is 5.96. The molecule has 4 heterocycles. The summed E-state index contributed by atoms with van der Waals surface area (Å²) >= 11 is 0. The van der Waals surface area contributed by atoms with E-state index < -0.39 is 11.7 Å². The lowest BCUT2D eigenvalue weighted by Gasteiger charge is -2.24. The van der Waals surface area contributed by atoms with Crippen LogP contribution in [-0.2, 0) is 18.9 Å². The van der Waals surface area contributed by atoms with Crippen LogP contribution in [0.1, 0.15) is 90.3 Å². The number of rotatable bonds is 12. The zero-order valence-corrected chi connectivity index (χ0v) is 26.1. The molecule has 0 aliphatic carbocycles. The van der Waals surface area contributed by atoms with Gasteiger partial charge in [-0.3, -0.25) is 0 Å². The minimum atomic E-state index is -0.502. The van der Waals surface area contributed by atoms with Crippen LogP contribution in [0.25, 0.3) is 22.0 Å². The number of carbonyl (C=O) groups is 1. The highest BCUT2D eigenvalue weighted by Crippen LogP contribution is 2.36. The second kappa shape index (κ2) is 14.9. The molecule has 0 bridgehead atoms. The second-order valence-electron chi connectivity index (χ2n) is 12.3. The van der Waals surface area contributed by atoms with Gasteiger partial charge >= 0.3 is 6.09 Å². The summed E-state index contributed by atoms with van der Waals surface area (Å²) in [6.07, 6.45) is 10.5. The van der Waals surface area contributed by atoms with E-state index in [2.05, 4.69) is 33.9 Å². The van der Waals surface area contributed by atoms with Gasteiger partial charge in [-0.15, -0.1) is 0 Å². The van der Waals surface area contributed by atoms with Crippen LogP contribution >= 0.6 is 0 Å². The van der Waals surface area contributed by atoms with Crippen molar-refractivity contribution in [2.24, 2.45) is 0 Å². The number of nitrogens with zero attached hydrogens (tertiary/aromatic N) is 5. The molecule has 12 nitrogen and oxygen atoms in total. The molecule has 2 unspecified atom stereocenters. The van der Waals surface area contributed by atoms with E-state index in [1.807, 2.05) is 31.6 Å². The first-order valence-electron chi connectivity index (χ1n) is 15.8. The van der Waals surface area contributed by atoms with Gasteiger partial charge < -0.3 is 29.6 Å². The summed E-state index contributed by atoms with van der Waals surface area (Å²) in [6, 6.07) is 6.52. The quantitative estimate of drug-likeness (QED) is 0.241. The Balaban J connectivity index is 1.25. The van der Waals surface area contributed by atoms with Crippen LogP contribution in [0.4, 0.5) is 10.5 Å². The van der Waals surface area contributed by atoms with E-state index in [0.29, 0.717) is 38.6 Å². The Morgan fingerprint density at radius 3 is 2.41 bits per heavy atom. The van der Waals surface area contributed by atoms with E-state index in [1.165, 1.54) is 0 Å². The fourth-order valence-electron chi connectivity index (χ4n) is 5.61. The lowest BCUT2D eigenvalue weighted by molar-refractivity contribution is -0.0399. The van der Waals surface area contributed by atoms with E-state index in [0.717, 1.165) is 85.7 Å². The van der Waals surface area contributed by atoms with Crippen LogP contribution in [0, 0.1) is 11.3 Å². The average molecular weight is 608 g/mol. The molecule has 2 aliphatic heterocycles. The Morgan fingerprint density at radius 1 is 1.00 bits per heavy atom. The van der Waals surface area contributed by atoms with Gasteiger partial charge in [-0.1, -0.05) is 0 Å². The van der Waals surface area contributed by atoms with E-state index in [1.54, 1.807) is 10.9 Å². The molecule has 2 atom stereocenters. The Hall–Kier alpha value is -3.66. The van der Waals surface area contributed by atoms with Crippen LogP contribution in [0.2, 0.25) is 0 Å². The zero-order chi connectivity index (χ0) is 30.9. The number of nitrogens with one attached hydrogen (secondary N) is 2. The summed E-state index contributed by atoms with van der Waals surface area (Å²) in [5, 5.41) is 26.8. The fraction of sp³-hybridized carbons (Fsp3) is 0.625. The van der Waals surface area contributed by atoms with E-state index in [9.17, 15) is 10.1 Å². The van der Waals surface area contributed by atoms with Crippen LogP contribution < -0.4 is 10.6 Å². The van der Waals surface area contributed by atoms with Crippen molar-refractivity contribution < 1.29 is 23.7 Å². The van der Waals surface area contributed by atoms with Crippen molar-refractivity contribution in [2.75, 3.05) is 44.8 Å². The van der Waals surface area contributed by atoms with Gasteiger partial charge in [-0.25, -0.2) is 14.2 Å². The van der Waals surface area contributed by atoms with Gasteiger partial charge in [-0.05, 0) is 89.8 Å². The average Bonchev–Trinajstić information content (AvgIpc) is 3.65. The van der Waals surface area contributed by atoms with Gasteiger partial charge in [0.05, 0.1) is 24.5 Å². The second-order valence-corrected chi connectivity index (χ2v) is 12.3. The maximum Gasteiger partial charge on any atom is 0.407 e.